The van der Waals surface area contributed by atoms with Crippen LogP contribution in [-0.2, 0) is 16.0 Å². The molecule has 1 atom stereocenters. The Bertz CT molecular complexity index is 312. The lowest BCUT2D eigenvalue weighted by atomic mass is 10.4. The minimum absolute atomic E-state index is 0.244. The van der Waals surface area contributed by atoms with Crippen LogP contribution in [0.15, 0.2) is 6.20 Å². The molecule has 0 aliphatic rings. The fourth-order valence-electron chi connectivity index (χ4n) is 1.53. The monoisotopic (exact) mass is 227 g/mol. The molecule has 0 aromatic carbocycles. The molecule has 0 saturated carbocycles. The second kappa shape index (κ2) is 6.50. The number of nitrogens with one attached hydrogen (secondary N) is 1. The van der Waals surface area contributed by atoms with Gasteiger partial charge in [-0.25, -0.2) is 4.98 Å². The third kappa shape index (κ3) is 3.83. The second-order valence-corrected chi connectivity index (χ2v) is 3.89. The molecule has 0 aliphatic heterocycles. The number of imidazole rings is 1. The van der Waals surface area contributed by atoms with E-state index in [9.17, 15) is 0 Å². The number of rotatable bonds is 7. The van der Waals surface area contributed by atoms with Crippen molar-refractivity contribution < 1.29 is 9.47 Å². The lowest BCUT2D eigenvalue weighted by Crippen LogP contribution is -2.23. The molecule has 5 heteroatoms. The van der Waals surface area contributed by atoms with Gasteiger partial charge in [0.15, 0.2) is 0 Å². The molecule has 0 aliphatic carbocycles. The molecule has 1 aromatic rings. The number of methoxy groups -OCH3 is 2. The zero-order chi connectivity index (χ0) is 12.0. The van der Waals surface area contributed by atoms with Crippen LogP contribution in [0.3, 0.4) is 0 Å². The van der Waals surface area contributed by atoms with Gasteiger partial charge in [0, 0.05) is 33.0 Å². The third-order valence-corrected chi connectivity index (χ3v) is 2.23. The molecule has 5 nitrogen and oxygen atoms in total. The average Bonchev–Trinajstić information content (AvgIpc) is 2.56. The number of aromatic nitrogens is 2. The second-order valence-electron chi connectivity index (χ2n) is 3.89. The molecule has 1 aromatic heterocycles. The van der Waals surface area contributed by atoms with Crippen molar-refractivity contribution in [1.82, 2.24) is 9.55 Å². The zero-order valence-corrected chi connectivity index (χ0v) is 10.5. The van der Waals surface area contributed by atoms with Crippen LogP contribution in [0.4, 0.5) is 5.95 Å². The average molecular weight is 227 g/mol. The van der Waals surface area contributed by atoms with Gasteiger partial charge in [-0.1, -0.05) is 0 Å². The minimum atomic E-state index is 0.244. The van der Waals surface area contributed by atoms with Gasteiger partial charge in [0.1, 0.15) is 0 Å². The topological polar surface area (TPSA) is 48.3 Å². The maximum atomic E-state index is 5.08. The Morgan fingerprint density at radius 3 is 2.81 bits per heavy atom. The fourth-order valence-corrected chi connectivity index (χ4v) is 1.53. The molecule has 0 spiro atoms. The fraction of sp³-hybridized carbons (Fsp3) is 0.727. The van der Waals surface area contributed by atoms with Crippen LogP contribution in [0.1, 0.15) is 12.6 Å². The molecule has 0 saturated heterocycles. The molecule has 1 heterocycles. The van der Waals surface area contributed by atoms with Gasteiger partial charge in [-0.3, -0.25) is 0 Å². The van der Waals surface area contributed by atoms with Gasteiger partial charge in [0.05, 0.1) is 18.9 Å². The smallest absolute Gasteiger partial charge is 0.203 e. The molecule has 0 radical (unpaired) electrons. The molecule has 0 amide bonds. The maximum absolute atomic E-state index is 5.08. The van der Waals surface area contributed by atoms with Gasteiger partial charge in [-0.15, -0.1) is 0 Å². The van der Waals surface area contributed by atoms with Crippen molar-refractivity contribution in [2.75, 3.05) is 32.8 Å². The van der Waals surface area contributed by atoms with Crippen molar-refractivity contribution in [1.29, 1.82) is 0 Å². The summed E-state index contributed by atoms with van der Waals surface area (Å²) < 4.78 is 12.2. The van der Waals surface area contributed by atoms with E-state index in [2.05, 4.69) is 21.8 Å². The Morgan fingerprint density at radius 2 is 2.19 bits per heavy atom. The van der Waals surface area contributed by atoms with Gasteiger partial charge in [0.25, 0.3) is 0 Å². The number of hydrogen-bond acceptors (Lipinski definition) is 4. The number of anilines is 1. The van der Waals surface area contributed by atoms with E-state index in [4.69, 9.17) is 9.47 Å². The first kappa shape index (κ1) is 13.0. The van der Waals surface area contributed by atoms with E-state index in [1.807, 2.05) is 13.1 Å². The van der Waals surface area contributed by atoms with Crippen LogP contribution in [0.25, 0.3) is 0 Å². The van der Waals surface area contributed by atoms with E-state index in [0.29, 0.717) is 13.2 Å². The lowest BCUT2D eigenvalue weighted by Gasteiger charge is -2.14. The summed E-state index contributed by atoms with van der Waals surface area (Å²) in [5, 5.41) is 3.31. The van der Waals surface area contributed by atoms with Gasteiger partial charge in [0.2, 0.25) is 5.95 Å². The molecular weight excluding hydrogens is 206 g/mol. The normalized spacial score (nSPS) is 12.8. The van der Waals surface area contributed by atoms with E-state index in [1.165, 1.54) is 0 Å². The third-order valence-electron chi connectivity index (χ3n) is 2.23. The standard InChI is InChI=1S/C11H21N3O2/c1-9-7-14(5-6-15-3)11(12-9)13-10(2)8-16-4/h7,10H,5-6,8H2,1-4H3,(H,12,13). The molecule has 16 heavy (non-hydrogen) atoms. The zero-order valence-electron chi connectivity index (χ0n) is 10.5. The largest absolute Gasteiger partial charge is 0.383 e. The molecule has 1 N–H and O–H groups in total. The van der Waals surface area contributed by atoms with Crippen LogP contribution >= 0.6 is 0 Å². The summed E-state index contributed by atoms with van der Waals surface area (Å²) in [6.07, 6.45) is 2.01. The van der Waals surface area contributed by atoms with E-state index in [0.717, 1.165) is 18.2 Å². The van der Waals surface area contributed by atoms with Crippen molar-refractivity contribution in [3.05, 3.63) is 11.9 Å². The van der Waals surface area contributed by atoms with Gasteiger partial charge >= 0.3 is 0 Å². The van der Waals surface area contributed by atoms with Gasteiger partial charge in [-0.2, -0.15) is 0 Å². The summed E-state index contributed by atoms with van der Waals surface area (Å²) in [5.74, 6) is 0.874. The summed E-state index contributed by atoms with van der Waals surface area (Å²) in [6.45, 7) is 6.20. The first-order valence-electron chi connectivity index (χ1n) is 5.45. The van der Waals surface area contributed by atoms with Crippen LogP contribution in [0.5, 0.6) is 0 Å². The van der Waals surface area contributed by atoms with Crippen LogP contribution in [0, 0.1) is 6.92 Å². The first-order chi connectivity index (χ1) is 7.67. The summed E-state index contributed by atoms with van der Waals surface area (Å²) in [5.41, 5.74) is 1.00. The number of aryl methyl sites for hydroxylation is 1. The SMILES string of the molecule is COCCn1cc(C)nc1NC(C)COC. The predicted molar refractivity (Wildman–Crippen MR) is 63.8 cm³/mol. The molecule has 92 valence electrons. The van der Waals surface area contributed by atoms with Gasteiger partial charge < -0.3 is 19.4 Å². The predicted octanol–water partition coefficient (Wildman–Crippen LogP) is 1.28. The van der Waals surface area contributed by atoms with Crippen molar-refractivity contribution >= 4 is 5.95 Å². The lowest BCUT2D eigenvalue weighted by molar-refractivity contribution is 0.185. The summed E-state index contributed by atoms with van der Waals surface area (Å²) in [7, 11) is 3.39. The van der Waals surface area contributed by atoms with E-state index in [1.54, 1.807) is 14.2 Å². The van der Waals surface area contributed by atoms with Gasteiger partial charge in [-0.05, 0) is 13.8 Å². The highest BCUT2D eigenvalue weighted by atomic mass is 16.5. The van der Waals surface area contributed by atoms with Crippen molar-refractivity contribution in [2.24, 2.45) is 0 Å². The Labute approximate surface area is 96.8 Å². The van der Waals surface area contributed by atoms with Crippen molar-refractivity contribution in [3.8, 4) is 0 Å². The quantitative estimate of drug-likeness (QED) is 0.762. The number of hydrogen-bond donors (Lipinski definition) is 1. The highest BCUT2D eigenvalue weighted by molar-refractivity contribution is 5.30. The highest BCUT2D eigenvalue weighted by Gasteiger charge is 2.08. The highest BCUT2D eigenvalue weighted by Crippen LogP contribution is 2.09. The maximum Gasteiger partial charge on any atom is 0.203 e. The van der Waals surface area contributed by atoms with Crippen LogP contribution in [0.2, 0.25) is 0 Å². The van der Waals surface area contributed by atoms with E-state index < -0.39 is 0 Å². The number of nitrogens with zero attached hydrogens (tertiary/aromatic N) is 2. The first-order valence-corrected chi connectivity index (χ1v) is 5.45. The van der Waals surface area contributed by atoms with Crippen molar-refractivity contribution in [3.63, 3.8) is 0 Å². The molecule has 0 fully saturated rings. The Hall–Kier alpha value is -1.07. The molecule has 1 rings (SSSR count). The number of ether oxygens (including phenoxy) is 2. The Balaban J connectivity index is 2.62. The Morgan fingerprint density at radius 1 is 1.44 bits per heavy atom. The molecule has 0 bridgehead atoms. The van der Waals surface area contributed by atoms with Crippen LogP contribution < -0.4 is 5.32 Å². The summed E-state index contributed by atoms with van der Waals surface area (Å²) >= 11 is 0. The Kier molecular flexibility index (Phi) is 5.28. The van der Waals surface area contributed by atoms with Crippen LogP contribution in [-0.4, -0.2) is 43.0 Å². The van der Waals surface area contributed by atoms with E-state index >= 15 is 0 Å². The molecule has 1 unspecified atom stereocenters. The van der Waals surface area contributed by atoms with E-state index in [-0.39, 0.29) is 6.04 Å². The summed E-state index contributed by atoms with van der Waals surface area (Å²) in [6, 6.07) is 0.244. The summed E-state index contributed by atoms with van der Waals surface area (Å²) in [4.78, 5) is 4.43. The molecular formula is C11H21N3O2. The van der Waals surface area contributed by atoms with Crippen molar-refractivity contribution in [2.45, 2.75) is 26.4 Å². The minimum Gasteiger partial charge on any atom is -0.383 e.